The van der Waals surface area contributed by atoms with Gasteiger partial charge in [0.15, 0.2) is 0 Å². The third-order valence-corrected chi connectivity index (χ3v) is 4.72. The van der Waals surface area contributed by atoms with Crippen molar-refractivity contribution in [2.45, 2.75) is 18.4 Å². The average Bonchev–Trinajstić information content (AvgIpc) is 2.91. The van der Waals surface area contributed by atoms with Crippen LogP contribution in [0.15, 0.2) is 24.3 Å². The van der Waals surface area contributed by atoms with Gasteiger partial charge in [-0.3, -0.25) is 4.79 Å². The number of aromatic nitrogens is 2. The van der Waals surface area contributed by atoms with Crippen molar-refractivity contribution in [2.75, 3.05) is 39.5 Å². The molecule has 1 aromatic carbocycles. The van der Waals surface area contributed by atoms with Gasteiger partial charge < -0.3 is 19.5 Å². The van der Waals surface area contributed by atoms with E-state index >= 15 is 0 Å². The number of hydrogen-bond donors (Lipinski definition) is 1. The molecule has 1 fully saturated rings. The molecule has 1 saturated heterocycles. The Morgan fingerprint density at radius 1 is 1.46 bits per heavy atom. The molecule has 1 aromatic heterocycles. The molecule has 1 unspecified atom stereocenters. The van der Waals surface area contributed by atoms with Gasteiger partial charge in [0, 0.05) is 19.6 Å². The first kappa shape index (κ1) is 17.3. The number of likely N-dealkylation sites (N-methyl/N-ethyl adjacent to an activating group) is 1. The van der Waals surface area contributed by atoms with Gasteiger partial charge >= 0.3 is 0 Å². The third-order valence-electron chi connectivity index (χ3n) is 4.18. The van der Waals surface area contributed by atoms with Crippen molar-refractivity contribution in [1.82, 2.24) is 19.8 Å². The largest absolute Gasteiger partial charge is 0.374 e. The number of para-hydroxylation sites is 2. The van der Waals surface area contributed by atoms with Crippen LogP contribution < -0.4 is 5.32 Å². The normalized spacial score (nSPS) is 18.8. The molecular formula is C17H24N4O2S. The molecule has 6 nitrogen and oxygen atoms in total. The number of ether oxygens (including phenoxy) is 1. The molecule has 1 atom stereocenters. The van der Waals surface area contributed by atoms with E-state index in [4.69, 9.17) is 4.74 Å². The van der Waals surface area contributed by atoms with Crippen LogP contribution in [0, 0.1) is 0 Å². The zero-order valence-corrected chi connectivity index (χ0v) is 15.0. The number of carbonyl (C=O) groups excluding carboxylic acids is 1. The molecule has 2 aromatic rings. The van der Waals surface area contributed by atoms with E-state index in [0.29, 0.717) is 13.1 Å². The van der Waals surface area contributed by atoms with Crippen molar-refractivity contribution in [3.63, 3.8) is 0 Å². The van der Waals surface area contributed by atoms with Crippen LogP contribution in [0.1, 0.15) is 5.82 Å². The predicted molar refractivity (Wildman–Crippen MR) is 97.2 cm³/mol. The van der Waals surface area contributed by atoms with Crippen molar-refractivity contribution in [2.24, 2.45) is 0 Å². The molecule has 1 N–H and O–H groups in total. The zero-order chi connectivity index (χ0) is 16.9. The number of rotatable bonds is 6. The van der Waals surface area contributed by atoms with Crippen molar-refractivity contribution < 1.29 is 9.53 Å². The highest BCUT2D eigenvalue weighted by Gasteiger charge is 2.19. The van der Waals surface area contributed by atoms with E-state index in [9.17, 15) is 4.79 Å². The summed E-state index contributed by atoms with van der Waals surface area (Å²) in [5.41, 5.74) is 1.94. The molecule has 1 aliphatic rings. The minimum Gasteiger partial charge on any atom is -0.374 e. The SMILES string of the molecule is CSCc1nc2ccccc2n1CC(=O)NCC1CN(C)CCO1. The Balaban J connectivity index is 1.65. The Kier molecular flexibility index (Phi) is 5.76. The number of carbonyl (C=O) groups is 1. The second kappa shape index (κ2) is 8.00. The van der Waals surface area contributed by atoms with E-state index in [-0.39, 0.29) is 12.0 Å². The molecular weight excluding hydrogens is 324 g/mol. The fraction of sp³-hybridized carbons (Fsp3) is 0.529. The summed E-state index contributed by atoms with van der Waals surface area (Å²) in [6, 6.07) is 7.95. The molecule has 0 radical (unpaired) electrons. The molecule has 0 spiro atoms. The standard InChI is InChI=1S/C17H24N4O2S/c1-20-7-8-23-13(10-20)9-18-17(22)11-21-15-6-4-3-5-14(15)19-16(21)12-24-2/h3-6,13H,7-12H2,1-2H3,(H,18,22). The van der Waals surface area contributed by atoms with Crippen LogP contribution in [0.4, 0.5) is 0 Å². The van der Waals surface area contributed by atoms with Crippen LogP contribution >= 0.6 is 11.8 Å². The maximum atomic E-state index is 12.4. The first-order valence-corrected chi connectivity index (χ1v) is 9.56. The number of benzene rings is 1. The number of fused-ring (bicyclic) bond motifs is 1. The van der Waals surface area contributed by atoms with Crippen molar-refractivity contribution >= 4 is 28.7 Å². The second-order valence-corrected chi connectivity index (χ2v) is 6.96. The van der Waals surface area contributed by atoms with Gasteiger partial charge in [0.05, 0.1) is 29.5 Å². The fourth-order valence-electron chi connectivity index (χ4n) is 2.96. The highest BCUT2D eigenvalue weighted by Crippen LogP contribution is 2.18. The maximum absolute atomic E-state index is 12.4. The van der Waals surface area contributed by atoms with Crippen LogP contribution in [0.2, 0.25) is 0 Å². The van der Waals surface area contributed by atoms with Crippen molar-refractivity contribution in [3.05, 3.63) is 30.1 Å². The number of amides is 1. The summed E-state index contributed by atoms with van der Waals surface area (Å²) in [5, 5.41) is 3.00. The van der Waals surface area contributed by atoms with Crippen LogP contribution in [0.25, 0.3) is 11.0 Å². The van der Waals surface area contributed by atoms with Crippen LogP contribution in [0.5, 0.6) is 0 Å². The number of hydrogen-bond acceptors (Lipinski definition) is 5. The molecule has 1 amide bonds. The molecule has 1 aliphatic heterocycles. The molecule has 3 rings (SSSR count). The predicted octanol–water partition coefficient (Wildman–Crippen LogP) is 1.35. The van der Waals surface area contributed by atoms with Crippen LogP contribution in [-0.2, 0) is 21.8 Å². The maximum Gasteiger partial charge on any atom is 0.240 e. The number of thioether (sulfide) groups is 1. The van der Waals surface area contributed by atoms with E-state index < -0.39 is 0 Å². The van der Waals surface area contributed by atoms with Crippen molar-refractivity contribution in [3.8, 4) is 0 Å². The van der Waals surface area contributed by atoms with Gasteiger partial charge in [-0.15, -0.1) is 0 Å². The Bertz CT molecular complexity index is 703. The zero-order valence-electron chi connectivity index (χ0n) is 14.2. The summed E-state index contributed by atoms with van der Waals surface area (Å²) in [6.07, 6.45) is 2.11. The van der Waals surface area contributed by atoms with Crippen LogP contribution in [0.3, 0.4) is 0 Å². The lowest BCUT2D eigenvalue weighted by Crippen LogP contribution is -2.46. The quantitative estimate of drug-likeness (QED) is 0.854. The van der Waals surface area contributed by atoms with E-state index in [1.807, 2.05) is 35.1 Å². The summed E-state index contributed by atoms with van der Waals surface area (Å²) < 4.78 is 7.70. The smallest absolute Gasteiger partial charge is 0.240 e. The summed E-state index contributed by atoms with van der Waals surface area (Å²) in [4.78, 5) is 19.3. The first-order valence-electron chi connectivity index (χ1n) is 8.17. The molecule has 24 heavy (non-hydrogen) atoms. The minimum atomic E-state index is -0.00247. The van der Waals surface area contributed by atoms with E-state index in [2.05, 4.69) is 22.2 Å². The fourth-order valence-corrected chi connectivity index (χ4v) is 3.44. The van der Waals surface area contributed by atoms with Gasteiger partial charge in [-0.2, -0.15) is 11.8 Å². The number of imidazole rings is 1. The van der Waals surface area contributed by atoms with Crippen LogP contribution in [-0.4, -0.2) is 66.0 Å². The molecule has 7 heteroatoms. The Morgan fingerprint density at radius 3 is 3.08 bits per heavy atom. The van der Waals surface area contributed by atoms with Gasteiger partial charge in [0.1, 0.15) is 12.4 Å². The molecule has 2 heterocycles. The van der Waals surface area contributed by atoms with Gasteiger partial charge in [0.25, 0.3) is 0 Å². The molecule has 0 bridgehead atoms. The summed E-state index contributed by atoms with van der Waals surface area (Å²) in [7, 11) is 2.07. The van der Waals surface area contributed by atoms with Crippen molar-refractivity contribution in [1.29, 1.82) is 0 Å². The summed E-state index contributed by atoms with van der Waals surface area (Å²) in [6.45, 7) is 3.36. The van der Waals surface area contributed by atoms with E-state index in [1.165, 1.54) is 0 Å². The molecule has 0 aliphatic carbocycles. The first-order chi connectivity index (χ1) is 11.7. The van der Waals surface area contributed by atoms with E-state index in [0.717, 1.165) is 42.3 Å². The highest BCUT2D eigenvalue weighted by molar-refractivity contribution is 7.97. The lowest BCUT2D eigenvalue weighted by Gasteiger charge is -2.30. The monoisotopic (exact) mass is 348 g/mol. The van der Waals surface area contributed by atoms with Gasteiger partial charge in [0.2, 0.25) is 5.91 Å². The van der Waals surface area contributed by atoms with Gasteiger partial charge in [-0.1, -0.05) is 12.1 Å². The third kappa shape index (κ3) is 4.09. The molecule has 130 valence electrons. The highest BCUT2D eigenvalue weighted by atomic mass is 32.2. The van der Waals surface area contributed by atoms with E-state index in [1.54, 1.807) is 11.8 Å². The average molecular weight is 348 g/mol. The summed E-state index contributed by atoms with van der Waals surface area (Å²) in [5.74, 6) is 1.73. The second-order valence-electron chi connectivity index (χ2n) is 6.10. The Hall–Kier alpha value is -1.57. The number of nitrogens with one attached hydrogen (secondary N) is 1. The topological polar surface area (TPSA) is 59.4 Å². The minimum absolute atomic E-state index is 0.00247. The Morgan fingerprint density at radius 2 is 2.29 bits per heavy atom. The number of morpholine rings is 1. The molecule has 0 saturated carbocycles. The van der Waals surface area contributed by atoms with Gasteiger partial charge in [-0.25, -0.2) is 4.98 Å². The summed E-state index contributed by atoms with van der Waals surface area (Å²) >= 11 is 1.71. The van der Waals surface area contributed by atoms with Gasteiger partial charge in [-0.05, 0) is 25.4 Å². The number of nitrogens with zero attached hydrogens (tertiary/aromatic N) is 3. The lowest BCUT2D eigenvalue weighted by molar-refractivity contribution is -0.122. The lowest BCUT2D eigenvalue weighted by atomic mass is 10.3. The Labute approximate surface area is 146 Å².